The van der Waals surface area contributed by atoms with Gasteiger partial charge >= 0.3 is 5.97 Å². The number of carbonyl (C=O) groups is 2. The van der Waals surface area contributed by atoms with Crippen molar-refractivity contribution in [3.63, 3.8) is 0 Å². The molecule has 0 unspecified atom stereocenters. The Labute approximate surface area is 140 Å². The number of hydrogen-bond acceptors (Lipinski definition) is 5. The number of carbonyl (C=O) groups excluding carboxylic acids is 2. The average Bonchev–Trinajstić information content (AvgIpc) is 3.00. The highest BCUT2D eigenvalue weighted by molar-refractivity contribution is 5.98. The van der Waals surface area contributed by atoms with Crippen LogP contribution in [-0.4, -0.2) is 44.2 Å². The van der Waals surface area contributed by atoms with E-state index in [2.05, 4.69) is 10.3 Å². The Hall–Kier alpha value is -2.70. The topological polar surface area (TPSA) is 89.7 Å². The molecule has 2 N–H and O–H groups in total. The first-order valence-corrected chi connectivity index (χ1v) is 7.63. The summed E-state index contributed by atoms with van der Waals surface area (Å²) < 4.78 is 15.5. The molecule has 1 aromatic carbocycles. The van der Waals surface area contributed by atoms with E-state index in [9.17, 15) is 9.59 Å². The number of aromatic amines is 1. The van der Waals surface area contributed by atoms with Gasteiger partial charge in [-0.25, -0.2) is 4.79 Å². The number of nitrogens with one attached hydrogen (secondary N) is 2. The molecular weight excluding hydrogens is 312 g/mol. The van der Waals surface area contributed by atoms with Gasteiger partial charge in [0.2, 0.25) is 0 Å². The smallest absolute Gasteiger partial charge is 0.355 e. The number of hydrogen-bond donors (Lipinski definition) is 2. The summed E-state index contributed by atoms with van der Waals surface area (Å²) in [7, 11) is 3.09. The fraction of sp³-hybridized carbons (Fsp3) is 0.412. The van der Waals surface area contributed by atoms with Crippen molar-refractivity contribution in [1.29, 1.82) is 0 Å². The molecule has 0 aliphatic rings. The van der Waals surface area contributed by atoms with Crippen molar-refractivity contribution < 1.29 is 23.8 Å². The third-order valence-corrected chi connectivity index (χ3v) is 3.38. The predicted molar refractivity (Wildman–Crippen MR) is 89.5 cm³/mol. The molecule has 0 atom stereocenters. The van der Waals surface area contributed by atoms with E-state index >= 15 is 0 Å². The number of fused-ring (bicyclic) bond motifs is 1. The Bertz CT molecular complexity index is 736. The van der Waals surface area contributed by atoms with Gasteiger partial charge in [0.25, 0.3) is 5.91 Å². The summed E-state index contributed by atoms with van der Waals surface area (Å²) in [5.41, 5.74) is 0.905. The van der Waals surface area contributed by atoms with Crippen LogP contribution >= 0.6 is 0 Å². The SMILES string of the molecule is COc1cc(OC)c2[nH]c(C(=O)OCC(=O)NCC(C)C)cc2c1. The molecule has 0 saturated carbocycles. The molecule has 1 amide bonds. The van der Waals surface area contributed by atoms with Crippen molar-refractivity contribution in [2.24, 2.45) is 5.92 Å². The van der Waals surface area contributed by atoms with Gasteiger partial charge in [-0.2, -0.15) is 0 Å². The number of methoxy groups -OCH3 is 2. The Morgan fingerprint density at radius 1 is 1.17 bits per heavy atom. The lowest BCUT2D eigenvalue weighted by atomic mass is 10.2. The highest BCUT2D eigenvalue weighted by atomic mass is 16.5. The summed E-state index contributed by atoms with van der Waals surface area (Å²) >= 11 is 0. The Balaban J connectivity index is 2.08. The minimum atomic E-state index is -0.605. The predicted octanol–water partition coefficient (Wildman–Crippen LogP) is 2.11. The number of rotatable bonds is 7. The number of ether oxygens (including phenoxy) is 3. The van der Waals surface area contributed by atoms with E-state index in [-0.39, 0.29) is 18.2 Å². The minimum Gasteiger partial charge on any atom is -0.497 e. The second-order valence-corrected chi connectivity index (χ2v) is 5.75. The van der Waals surface area contributed by atoms with E-state index in [1.54, 1.807) is 25.3 Å². The second-order valence-electron chi connectivity index (χ2n) is 5.75. The lowest BCUT2D eigenvalue weighted by molar-refractivity contribution is -0.124. The van der Waals surface area contributed by atoms with E-state index in [1.807, 2.05) is 13.8 Å². The number of amides is 1. The van der Waals surface area contributed by atoms with Crippen LogP contribution in [-0.2, 0) is 9.53 Å². The van der Waals surface area contributed by atoms with Crippen LogP contribution in [0.5, 0.6) is 11.5 Å². The number of esters is 1. The third-order valence-electron chi connectivity index (χ3n) is 3.38. The van der Waals surface area contributed by atoms with E-state index in [1.165, 1.54) is 7.11 Å². The molecule has 24 heavy (non-hydrogen) atoms. The van der Waals surface area contributed by atoms with Crippen LogP contribution in [0.15, 0.2) is 18.2 Å². The van der Waals surface area contributed by atoms with Crippen LogP contribution in [0.2, 0.25) is 0 Å². The molecule has 0 radical (unpaired) electrons. The fourth-order valence-corrected chi connectivity index (χ4v) is 2.15. The van der Waals surface area contributed by atoms with Crippen molar-refractivity contribution in [2.45, 2.75) is 13.8 Å². The van der Waals surface area contributed by atoms with Crippen molar-refractivity contribution in [3.05, 3.63) is 23.9 Å². The molecule has 0 fully saturated rings. The average molecular weight is 334 g/mol. The summed E-state index contributed by atoms with van der Waals surface area (Å²) in [5.74, 6) is 0.574. The Kier molecular flexibility index (Phi) is 5.68. The molecule has 7 nitrogen and oxygen atoms in total. The second kappa shape index (κ2) is 7.72. The lowest BCUT2D eigenvalue weighted by Gasteiger charge is -2.07. The van der Waals surface area contributed by atoms with Gasteiger partial charge in [-0.05, 0) is 18.1 Å². The van der Waals surface area contributed by atoms with Gasteiger partial charge < -0.3 is 24.5 Å². The zero-order chi connectivity index (χ0) is 17.7. The van der Waals surface area contributed by atoms with E-state index in [0.717, 1.165) is 5.39 Å². The molecular formula is C17H22N2O5. The molecule has 7 heteroatoms. The molecule has 130 valence electrons. The normalized spacial score (nSPS) is 10.7. The van der Waals surface area contributed by atoms with Crippen LogP contribution in [0.25, 0.3) is 10.9 Å². The minimum absolute atomic E-state index is 0.244. The molecule has 0 aliphatic carbocycles. The van der Waals surface area contributed by atoms with Gasteiger partial charge in [-0.15, -0.1) is 0 Å². The first-order valence-electron chi connectivity index (χ1n) is 7.63. The Morgan fingerprint density at radius 2 is 1.92 bits per heavy atom. The van der Waals surface area contributed by atoms with E-state index in [4.69, 9.17) is 14.2 Å². The summed E-state index contributed by atoms with van der Waals surface area (Å²) in [5, 5.41) is 3.44. The van der Waals surface area contributed by atoms with Crippen molar-refractivity contribution in [2.75, 3.05) is 27.4 Å². The number of H-pyrrole nitrogens is 1. The van der Waals surface area contributed by atoms with Gasteiger partial charge in [0, 0.05) is 18.0 Å². The maximum atomic E-state index is 12.1. The highest BCUT2D eigenvalue weighted by Crippen LogP contribution is 2.31. The highest BCUT2D eigenvalue weighted by Gasteiger charge is 2.16. The quantitative estimate of drug-likeness (QED) is 0.757. The molecule has 1 heterocycles. The van der Waals surface area contributed by atoms with Crippen LogP contribution < -0.4 is 14.8 Å². The van der Waals surface area contributed by atoms with Gasteiger partial charge in [0.05, 0.1) is 19.7 Å². The molecule has 0 aliphatic heterocycles. The lowest BCUT2D eigenvalue weighted by Crippen LogP contribution is -2.31. The first kappa shape index (κ1) is 17.7. The summed E-state index contributed by atoms with van der Waals surface area (Å²) in [4.78, 5) is 26.7. The van der Waals surface area contributed by atoms with Crippen molar-refractivity contribution in [3.8, 4) is 11.5 Å². The van der Waals surface area contributed by atoms with Crippen molar-refractivity contribution in [1.82, 2.24) is 10.3 Å². The fourth-order valence-electron chi connectivity index (χ4n) is 2.15. The molecule has 0 spiro atoms. The van der Waals surface area contributed by atoms with E-state index in [0.29, 0.717) is 29.5 Å². The Morgan fingerprint density at radius 3 is 2.54 bits per heavy atom. The number of benzene rings is 1. The van der Waals surface area contributed by atoms with Crippen LogP contribution in [0, 0.1) is 5.92 Å². The van der Waals surface area contributed by atoms with Gasteiger partial charge in [0.1, 0.15) is 17.2 Å². The maximum absolute atomic E-state index is 12.1. The van der Waals surface area contributed by atoms with Crippen LogP contribution in [0.4, 0.5) is 0 Å². The number of aromatic nitrogens is 1. The molecule has 2 aromatic rings. The molecule has 0 saturated heterocycles. The summed E-state index contributed by atoms with van der Waals surface area (Å²) in [6, 6.07) is 5.13. The molecule has 1 aromatic heterocycles. The summed E-state index contributed by atoms with van der Waals surface area (Å²) in [6.45, 7) is 4.19. The molecule has 0 bridgehead atoms. The van der Waals surface area contributed by atoms with Crippen molar-refractivity contribution >= 4 is 22.8 Å². The maximum Gasteiger partial charge on any atom is 0.355 e. The third kappa shape index (κ3) is 4.18. The molecule has 2 rings (SSSR count). The summed E-state index contributed by atoms with van der Waals surface area (Å²) in [6.07, 6.45) is 0. The van der Waals surface area contributed by atoms with Crippen LogP contribution in [0.1, 0.15) is 24.3 Å². The zero-order valence-electron chi connectivity index (χ0n) is 14.3. The van der Waals surface area contributed by atoms with E-state index < -0.39 is 5.97 Å². The zero-order valence-corrected chi connectivity index (χ0v) is 14.3. The standard InChI is InChI=1S/C17H22N2O5/c1-10(2)8-18-15(20)9-24-17(21)13-6-11-5-12(22-3)7-14(23-4)16(11)19-13/h5-7,10,19H,8-9H2,1-4H3,(H,18,20). The van der Waals surface area contributed by atoms with Gasteiger partial charge in [-0.1, -0.05) is 13.8 Å². The van der Waals surface area contributed by atoms with Gasteiger partial charge in [0.15, 0.2) is 6.61 Å². The monoisotopic (exact) mass is 334 g/mol. The van der Waals surface area contributed by atoms with Crippen LogP contribution in [0.3, 0.4) is 0 Å². The van der Waals surface area contributed by atoms with Gasteiger partial charge in [-0.3, -0.25) is 4.79 Å². The largest absolute Gasteiger partial charge is 0.497 e. The first-order chi connectivity index (χ1) is 11.4.